The third-order valence-corrected chi connectivity index (χ3v) is 17.0. The Balaban J connectivity index is 1.18. The van der Waals surface area contributed by atoms with E-state index in [0.717, 1.165) is 6.92 Å². The molecule has 18 nitrogen and oxygen atoms in total. The number of carbonyl (C=O) groups is 5. The summed E-state index contributed by atoms with van der Waals surface area (Å²) in [4.78, 5) is 68.2. The van der Waals surface area contributed by atoms with Crippen LogP contribution in [0.3, 0.4) is 0 Å². The molecule has 3 aliphatic carbocycles. The van der Waals surface area contributed by atoms with Crippen LogP contribution in [0, 0.1) is 35.5 Å². The summed E-state index contributed by atoms with van der Waals surface area (Å²) in [5.41, 5.74) is -7.00. The lowest BCUT2D eigenvalue weighted by Crippen LogP contribution is -2.75. The van der Waals surface area contributed by atoms with Gasteiger partial charge in [0.05, 0.1) is 35.0 Å². The van der Waals surface area contributed by atoms with Crippen molar-refractivity contribution in [1.82, 2.24) is 0 Å². The van der Waals surface area contributed by atoms with Crippen LogP contribution >= 0.6 is 0 Å². The smallest absolute Gasteiger partial charge is 0.338 e. The molecule has 390 valence electrons. The first-order chi connectivity index (χ1) is 34.7. The van der Waals surface area contributed by atoms with Gasteiger partial charge in [0.1, 0.15) is 54.4 Å². The molecule has 4 aliphatic heterocycles. The fourth-order valence-electron chi connectivity index (χ4n) is 13.8. The molecule has 0 aromatic heterocycles. The first kappa shape index (κ1) is 50.9. The second-order valence-electron chi connectivity index (χ2n) is 21.2. The Hall–Kier alpha value is -5.57. The molecule has 4 heterocycles. The number of aliphatic hydroxyl groups excluding tert-OH is 3. The number of hydrogen-bond donors (Lipinski definition) is 4. The lowest BCUT2D eigenvalue weighted by molar-refractivity contribution is -0.459. The summed E-state index contributed by atoms with van der Waals surface area (Å²) >= 11 is 0. The van der Waals surface area contributed by atoms with Gasteiger partial charge < -0.3 is 63.1 Å². The summed E-state index contributed by atoms with van der Waals surface area (Å²) in [6, 6.07) is 24.3. The van der Waals surface area contributed by atoms with Gasteiger partial charge >= 0.3 is 35.8 Å². The summed E-state index contributed by atoms with van der Waals surface area (Å²) in [5, 5.41) is 52.8. The summed E-state index contributed by atoms with van der Waals surface area (Å²) in [6.07, 6.45) is -13.1. The molecule has 19 atom stereocenters. The Labute approximate surface area is 421 Å². The van der Waals surface area contributed by atoms with E-state index in [1.165, 1.54) is 19.1 Å². The van der Waals surface area contributed by atoms with Crippen molar-refractivity contribution in [2.24, 2.45) is 35.5 Å². The van der Waals surface area contributed by atoms with Crippen molar-refractivity contribution < 1.29 is 87.0 Å². The van der Waals surface area contributed by atoms with E-state index >= 15 is 0 Å². The Morgan fingerprint density at radius 2 is 1.27 bits per heavy atom. The zero-order valence-electron chi connectivity index (χ0n) is 41.2. The van der Waals surface area contributed by atoms with Crippen LogP contribution in [0.4, 0.5) is 0 Å². The van der Waals surface area contributed by atoms with Crippen LogP contribution in [0.1, 0.15) is 91.4 Å². The highest BCUT2D eigenvalue weighted by Gasteiger charge is 2.91. The third kappa shape index (κ3) is 8.02. The lowest BCUT2D eigenvalue weighted by atomic mass is 9.51. The highest BCUT2D eigenvalue weighted by atomic mass is 16.9. The molecule has 10 rings (SSSR count). The lowest BCUT2D eigenvalue weighted by Gasteiger charge is -2.62. The number of ether oxygens (including phenoxy) is 9. The van der Waals surface area contributed by atoms with E-state index in [1.54, 1.807) is 99.6 Å². The maximum absolute atomic E-state index is 14.3. The second-order valence-corrected chi connectivity index (χ2v) is 21.2. The van der Waals surface area contributed by atoms with Crippen LogP contribution in [0.15, 0.2) is 103 Å². The zero-order valence-corrected chi connectivity index (χ0v) is 41.2. The van der Waals surface area contributed by atoms with Crippen LogP contribution in [0.25, 0.3) is 0 Å². The molecule has 0 radical (unpaired) electrons. The number of rotatable bonds is 11. The van der Waals surface area contributed by atoms with Gasteiger partial charge in [0, 0.05) is 31.6 Å². The predicted molar refractivity (Wildman–Crippen MR) is 252 cm³/mol. The van der Waals surface area contributed by atoms with E-state index in [2.05, 4.69) is 6.58 Å². The fourth-order valence-corrected chi connectivity index (χ4v) is 13.8. The predicted octanol–water partition coefficient (Wildman–Crippen LogP) is 4.25. The molecule has 3 aromatic rings. The minimum atomic E-state index is -2.61. The standard InChI is InChI=1S/C55H62O18/c1-28(2)51-25-36(26-65-31(5)56)54-41-45(51)71-55(72-51,73-54)39(58)23-22-37(68-48(61)34-18-12-8-13-19-34)42(67-32(6)57)38(69-49(62)35-20-14-9-15-21-35)24-29(3)40-30(4)44(59)53(64,43(40)54)50(63)52(46(41)70-52)27-66-47(60)33-16-10-7-11-17-33/h7-21,29-30,36-46,50,58-59,63-64H,1,22-27H2,2-6H3/t29-,30+,36+,37+,38+,39+,40+,41-,42-,43-,44?,45-,46+,50-,51-,52+,53-,54-,55-/m1/s1. The van der Waals surface area contributed by atoms with Gasteiger partial charge in [0.25, 0.3) is 0 Å². The molecule has 3 bridgehead atoms. The van der Waals surface area contributed by atoms with Crippen molar-refractivity contribution in [2.75, 3.05) is 13.2 Å². The number of benzene rings is 3. The van der Waals surface area contributed by atoms with E-state index in [0.29, 0.717) is 5.57 Å². The Morgan fingerprint density at radius 3 is 1.84 bits per heavy atom. The molecule has 4 saturated heterocycles. The highest BCUT2D eigenvalue weighted by molar-refractivity contribution is 5.90. The summed E-state index contributed by atoms with van der Waals surface area (Å²) in [6.45, 7) is 11.0. The topological polar surface area (TPSA) is 253 Å². The van der Waals surface area contributed by atoms with Gasteiger partial charge in [-0.2, -0.15) is 0 Å². The van der Waals surface area contributed by atoms with Crippen molar-refractivity contribution in [3.8, 4) is 0 Å². The highest BCUT2D eigenvalue weighted by Crippen LogP contribution is 2.75. The molecule has 7 fully saturated rings. The molecule has 4 N–H and O–H groups in total. The number of epoxide rings is 1. The summed E-state index contributed by atoms with van der Waals surface area (Å²) in [5.74, 6) is -12.4. The Kier molecular flexibility index (Phi) is 13.0. The first-order valence-corrected chi connectivity index (χ1v) is 25.0. The monoisotopic (exact) mass is 1010 g/mol. The second kappa shape index (κ2) is 18.7. The first-order valence-electron chi connectivity index (χ1n) is 25.0. The van der Waals surface area contributed by atoms with E-state index in [1.807, 2.05) is 0 Å². The van der Waals surface area contributed by atoms with E-state index in [4.69, 9.17) is 42.6 Å². The number of carbonyl (C=O) groups excluding carboxylic acids is 5. The Morgan fingerprint density at radius 1 is 0.699 bits per heavy atom. The van der Waals surface area contributed by atoms with Gasteiger partial charge in [-0.05, 0) is 92.3 Å². The molecule has 3 aromatic carbocycles. The molecule has 7 aliphatic rings. The van der Waals surface area contributed by atoms with E-state index < -0.39 is 149 Å². The van der Waals surface area contributed by atoms with Gasteiger partial charge in [0.15, 0.2) is 11.7 Å². The molecule has 18 heteroatoms. The normalized spacial score (nSPS) is 41.8. The SMILES string of the molecule is C=C(C)[C@]12C[C@@H](COC(C)=O)[C@@]34O[C@]5(O[C@@H]1[C@@H]3[C@@H]1O[C@]1(COC(=O)c1ccccc1)[C@@H](O)[C@]1(O)C(O)[C@@H](C)[C@H]([C@H](C)C[C@H](OC(=O)c3ccccc3)[C@H](OC(C)=O)[C@@H](OC(=O)c3ccccc3)CC[C@@H]5O)[C@H]14)O2. The fraction of sp³-hybridized carbons (Fsp3) is 0.545. The minimum Gasteiger partial charge on any atom is -0.465 e. The largest absolute Gasteiger partial charge is 0.465 e. The number of esters is 5. The average Bonchev–Trinajstić information content (AvgIpc) is 4.01. The quantitative estimate of drug-likeness (QED) is 0.0907. The van der Waals surface area contributed by atoms with Gasteiger partial charge in [-0.15, -0.1) is 0 Å². The molecule has 73 heavy (non-hydrogen) atoms. The van der Waals surface area contributed by atoms with Crippen LogP contribution in [-0.4, -0.2) is 141 Å². The van der Waals surface area contributed by atoms with Gasteiger partial charge in [-0.3, -0.25) is 9.59 Å². The number of hydrogen-bond acceptors (Lipinski definition) is 18. The van der Waals surface area contributed by atoms with Gasteiger partial charge in [0.2, 0.25) is 0 Å². The van der Waals surface area contributed by atoms with Crippen LogP contribution in [0.5, 0.6) is 0 Å². The van der Waals surface area contributed by atoms with Crippen molar-refractivity contribution in [3.63, 3.8) is 0 Å². The maximum atomic E-state index is 14.3. The van der Waals surface area contributed by atoms with Crippen LogP contribution in [0.2, 0.25) is 0 Å². The molecule has 2 spiro atoms. The van der Waals surface area contributed by atoms with Gasteiger partial charge in [-0.25, -0.2) is 14.4 Å². The summed E-state index contributed by atoms with van der Waals surface area (Å²) in [7, 11) is 0. The molecule has 3 saturated carbocycles. The van der Waals surface area contributed by atoms with Crippen molar-refractivity contribution in [3.05, 3.63) is 120 Å². The van der Waals surface area contributed by atoms with Crippen LogP contribution < -0.4 is 0 Å². The van der Waals surface area contributed by atoms with Crippen molar-refractivity contribution >= 4 is 29.8 Å². The maximum Gasteiger partial charge on any atom is 0.338 e. The average molecular weight is 1010 g/mol. The van der Waals surface area contributed by atoms with Gasteiger partial charge in [-0.1, -0.05) is 75.0 Å². The van der Waals surface area contributed by atoms with Crippen LogP contribution in [-0.2, 0) is 52.2 Å². The molecule has 0 amide bonds. The summed E-state index contributed by atoms with van der Waals surface area (Å²) < 4.78 is 58.6. The molecule has 1 unspecified atom stereocenters. The van der Waals surface area contributed by atoms with Crippen molar-refractivity contribution in [1.29, 1.82) is 0 Å². The molecular weight excluding hydrogens is 949 g/mol. The Bertz CT molecular complexity index is 2630. The van der Waals surface area contributed by atoms with E-state index in [9.17, 15) is 44.4 Å². The number of aliphatic hydroxyl groups is 4. The third-order valence-electron chi connectivity index (χ3n) is 17.0. The number of fused-ring (bicyclic) bond motifs is 1. The molecular formula is C55H62O18. The van der Waals surface area contributed by atoms with E-state index in [-0.39, 0.29) is 49.0 Å². The zero-order chi connectivity index (χ0) is 52.0. The van der Waals surface area contributed by atoms with Crippen molar-refractivity contribution in [2.45, 2.75) is 138 Å². The minimum absolute atomic E-state index is 0.0225.